The van der Waals surface area contributed by atoms with Gasteiger partial charge < -0.3 is 4.74 Å². The molecule has 1 aliphatic rings. The summed E-state index contributed by atoms with van der Waals surface area (Å²) in [6.07, 6.45) is 10.7. The van der Waals surface area contributed by atoms with Crippen LogP contribution >= 0.6 is 0 Å². The van der Waals surface area contributed by atoms with E-state index in [4.69, 9.17) is 9.72 Å². The molecule has 0 radical (unpaired) electrons. The van der Waals surface area contributed by atoms with Crippen LogP contribution < -0.4 is 9.13 Å². The Kier molecular flexibility index (Phi) is 8.09. The van der Waals surface area contributed by atoms with Crippen LogP contribution in [0.5, 0.6) is 0 Å². The minimum atomic E-state index is -0.558. The van der Waals surface area contributed by atoms with Crippen LogP contribution in [-0.2, 0) is 23.2 Å². The van der Waals surface area contributed by atoms with Gasteiger partial charge in [-0.25, -0.2) is 13.9 Å². The van der Waals surface area contributed by atoms with Crippen LogP contribution in [0.2, 0.25) is 0 Å². The average molecular weight is 652 g/mol. The number of methoxy groups -OCH3 is 1. The second-order valence-corrected chi connectivity index (χ2v) is 13.0. The van der Waals surface area contributed by atoms with Gasteiger partial charge in [-0.15, -0.1) is 0 Å². The standard InChI is InChI=1S/C45H37N3O2/c1-32-13-15-33(16-14-32)30-48-26-23-40-42(31-48)45(38-9-5-3-6-10-38,39-11-7-4-8-12-39)41-27-37(28-46-43(40)41)35-21-24-47(25-22-35)29-34-17-19-36(20-18-34)44(49)50-2/h3-28,31H,29-30H2,1-2H3/q+2. The van der Waals surface area contributed by atoms with Gasteiger partial charge in [0, 0.05) is 52.2 Å². The minimum Gasteiger partial charge on any atom is -0.465 e. The fourth-order valence-electron chi connectivity index (χ4n) is 7.31. The van der Waals surface area contributed by atoms with Crippen molar-refractivity contribution >= 4 is 5.97 Å². The summed E-state index contributed by atoms with van der Waals surface area (Å²) in [4.78, 5) is 17.1. The van der Waals surface area contributed by atoms with E-state index in [1.165, 1.54) is 40.5 Å². The molecule has 1 aliphatic carbocycles. The van der Waals surface area contributed by atoms with Gasteiger partial charge in [-0.05, 0) is 47.4 Å². The first-order chi connectivity index (χ1) is 24.5. The largest absolute Gasteiger partial charge is 0.465 e. The molecule has 0 atom stereocenters. The summed E-state index contributed by atoms with van der Waals surface area (Å²) in [6, 6.07) is 46.9. The van der Waals surface area contributed by atoms with Gasteiger partial charge in [-0.2, -0.15) is 0 Å². The Morgan fingerprint density at radius 1 is 0.660 bits per heavy atom. The van der Waals surface area contributed by atoms with Crippen LogP contribution in [0.15, 0.2) is 164 Å². The summed E-state index contributed by atoms with van der Waals surface area (Å²) >= 11 is 0. The molecular formula is C45H37N3O2+2. The van der Waals surface area contributed by atoms with Gasteiger partial charge in [0.05, 0.1) is 23.8 Å². The third kappa shape index (κ3) is 5.57. The zero-order chi connectivity index (χ0) is 34.1. The Morgan fingerprint density at radius 2 is 1.24 bits per heavy atom. The number of nitrogens with zero attached hydrogens (tertiary/aromatic N) is 3. The molecule has 0 saturated carbocycles. The average Bonchev–Trinajstić information content (AvgIpc) is 3.46. The lowest BCUT2D eigenvalue weighted by molar-refractivity contribution is -0.688. The Balaban J connectivity index is 1.22. The zero-order valence-corrected chi connectivity index (χ0v) is 28.2. The van der Waals surface area contributed by atoms with E-state index in [9.17, 15) is 4.79 Å². The van der Waals surface area contributed by atoms with Gasteiger partial charge in [-0.1, -0.05) is 103 Å². The fraction of sp³-hybridized carbons (Fsp3) is 0.111. The maximum atomic E-state index is 11.8. The molecule has 0 fully saturated rings. The van der Waals surface area contributed by atoms with Crippen LogP contribution in [-0.4, -0.2) is 18.1 Å². The highest BCUT2D eigenvalue weighted by molar-refractivity contribution is 5.89. The van der Waals surface area contributed by atoms with Crippen molar-refractivity contribution in [1.82, 2.24) is 4.98 Å². The molecule has 5 nitrogen and oxygen atoms in total. The number of hydrogen-bond donors (Lipinski definition) is 0. The Labute approximate surface area is 292 Å². The summed E-state index contributed by atoms with van der Waals surface area (Å²) < 4.78 is 9.28. The van der Waals surface area contributed by atoms with Crippen molar-refractivity contribution < 1.29 is 18.7 Å². The summed E-state index contributed by atoms with van der Waals surface area (Å²) in [5.74, 6) is -0.329. The Hall–Kier alpha value is -6.20. The molecule has 0 amide bonds. The monoisotopic (exact) mass is 651 g/mol. The maximum absolute atomic E-state index is 11.8. The number of carbonyl (C=O) groups excluding carboxylic acids is 1. The van der Waals surface area contributed by atoms with E-state index in [0.717, 1.165) is 34.5 Å². The van der Waals surface area contributed by atoms with Gasteiger partial charge in [-0.3, -0.25) is 4.98 Å². The second-order valence-electron chi connectivity index (χ2n) is 13.0. The lowest BCUT2D eigenvalue weighted by Gasteiger charge is -2.32. The number of carbonyl (C=O) groups is 1. The molecule has 4 aromatic carbocycles. The van der Waals surface area contributed by atoms with Gasteiger partial charge >= 0.3 is 5.97 Å². The molecule has 0 saturated heterocycles. The molecule has 5 heteroatoms. The molecule has 7 aromatic rings. The fourth-order valence-corrected chi connectivity index (χ4v) is 7.31. The zero-order valence-electron chi connectivity index (χ0n) is 28.2. The molecule has 242 valence electrons. The number of ether oxygens (including phenoxy) is 1. The first-order valence-electron chi connectivity index (χ1n) is 16.9. The molecular weight excluding hydrogens is 615 g/mol. The summed E-state index contributed by atoms with van der Waals surface area (Å²) in [5, 5.41) is 0. The van der Waals surface area contributed by atoms with E-state index >= 15 is 0 Å². The van der Waals surface area contributed by atoms with Gasteiger partial charge in [0.25, 0.3) is 0 Å². The second kappa shape index (κ2) is 13.0. The molecule has 3 heterocycles. The topological polar surface area (TPSA) is 47.0 Å². The van der Waals surface area contributed by atoms with Crippen molar-refractivity contribution in [2.45, 2.75) is 25.4 Å². The van der Waals surface area contributed by atoms with E-state index in [0.29, 0.717) is 12.1 Å². The molecule has 3 aromatic heterocycles. The molecule has 50 heavy (non-hydrogen) atoms. The van der Waals surface area contributed by atoms with Crippen LogP contribution in [0.25, 0.3) is 22.4 Å². The van der Waals surface area contributed by atoms with Crippen molar-refractivity contribution in [2.24, 2.45) is 0 Å². The molecule has 8 rings (SSSR count). The highest BCUT2D eigenvalue weighted by Crippen LogP contribution is 2.55. The predicted molar refractivity (Wildman–Crippen MR) is 195 cm³/mol. The molecule has 0 N–H and O–H groups in total. The van der Waals surface area contributed by atoms with Crippen LogP contribution in [0.4, 0.5) is 0 Å². The van der Waals surface area contributed by atoms with Crippen molar-refractivity contribution in [2.75, 3.05) is 7.11 Å². The van der Waals surface area contributed by atoms with Crippen LogP contribution in [0.1, 0.15) is 49.3 Å². The lowest BCUT2D eigenvalue weighted by atomic mass is 9.68. The first kappa shape index (κ1) is 31.1. The number of aryl methyl sites for hydroxylation is 1. The van der Waals surface area contributed by atoms with Gasteiger partial charge in [0.2, 0.25) is 0 Å². The van der Waals surface area contributed by atoms with E-state index < -0.39 is 5.41 Å². The third-order valence-corrected chi connectivity index (χ3v) is 9.83. The predicted octanol–water partition coefficient (Wildman–Crippen LogP) is 7.88. The Morgan fingerprint density at radius 3 is 1.86 bits per heavy atom. The lowest BCUT2D eigenvalue weighted by Crippen LogP contribution is -2.37. The van der Waals surface area contributed by atoms with Crippen molar-refractivity contribution in [3.8, 4) is 22.4 Å². The number of benzene rings is 4. The number of fused-ring (bicyclic) bond motifs is 3. The van der Waals surface area contributed by atoms with E-state index in [2.05, 4.69) is 150 Å². The van der Waals surface area contributed by atoms with Crippen LogP contribution in [0, 0.1) is 6.92 Å². The molecule has 0 unspecified atom stereocenters. The van der Waals surface area contributed by atoms with E-state index in [1.54, 1.807) is 12.1 Å². The quantitative estimate of drug-likeness (QED) is 0.124. The number of pyridine rings is 3. The number of hydrogen-bond acceptors (Lipinski definition) is 3. The van der Waals surface area contributed by atoms with E-state index in [-0.39, 0.29) is 5.97 Å². The summed E-state index contributed by atoms with van der Waals surface area (Å²) in [6.45, 7) is 3.59. The van der Waals surface area contributed by atoms with Crippen LogP contribution in [0.3, 0.4) is 0 Å². The highest BCUT2D eigenvalue weighted by atomic mass is 16.5. The smallest absolute Gasteiger partial charge is 0.337 e. The Bertz CT molecular complexity index is 2260. The SMILES string of the molecule is COC(=O)c1ccc(C[n+]2ccc(-c3cnc4c(c3)C(c3ccccc3)(c3ccccc3)c3c[n+](Cc5ccc(C)cc5)ccc3-4)cc2)cc1. The molecule has 0 bridgehead atoms. The van der Waals surface area contributed by atoms with Crippen molar-refractivity contribution in [1.29, 1.82) is 0 Å². The minimum absolute atomic E-state index is 0.329. The summed E-state index contributed by atoms with van der Waals surface area (Å²) in [7, 11) is 1.40. The normalized spacial score (nSPS) is 12.6. The first-order valence-corrected chi connectivity index (χ1v) is 16.9. The van der Waals surface area contributed by atoms with Gasteiger partial charge in [0.15, 0.2) is 37.9 Å². The third-order valence-electron chi connectivity index (χ3n) is 9.83. The van der Waals surface area contributed by atoms with Gasteiger partial charge in [0.1, 0.15) is 0 Å². The number of aromatic nitrogens is 3. The van der Waals surface area contributed by atoms with Crippen molar-refractivity contribution in [3.63, 3.8) is 0 Å². The number of esters is 1. The summed E-state index contributed by atoms with van der Waals surface area (Å²) in [5.41, 5.74) is 12.8. The van der Waals surface area contributed by atoms with Crippen molar-refractivity contribution in [3.05, 3.63) is 209 Å². The molecule has 0 spiro atoms. The molecule has 0 aliphatic heterocycles. The van der Waals surface area contributed by atoms with E-state index in [1.807, 2.05) is 18.3 Å². The highest BCUT2D eigenvalue weighted by Gasteiger charge is 2.49. The number of rotatable bonds is 8. The maximum Gasteiger partial charge on any atom is 0.337 e.